The van der Waals surface area contributed by atoms with Gasteiger partial charge < -0.3 is 20.1 Å². The number of halogens is 4. The van der Waals surface area contributed by atoms with Crippen molar-refractivity contribution in [3.8, 4) is 0 Å². The van der Waals surface area contributed by atoms with Crippen molar-refractivity contribution in [3.63, 3.8) is 0 Å². The molecular weight excluding hydrogens is 536 g/mol. The van der Waals surface area contributed by atoms with Gasteiger partial charge in [-0.3, -0.25) is 4.79 Å². The molecule has 2 aromatic rings. The number of Topliss-reactive ketones (excluding diaryl/α,β-unsaturated/α-hetero) is 1. The van der Waals surface area contributed by atoms with Gasteiger partial charge in [-0.2, -0.15) is 0 Å². The summed E-state index contributed by atoms with van der Waals surface area (Å²) in [6.07, 6.45) is 4.39. The van der Waals surface area contributed by atoms with Gasteiger partial charge in [0.15, 0.2) is 23.3 Å². The first kappa shape index (κ1) is 43.3. The molecule has 0 fully saturated rings. The summed E-state index contributed by atoms with van der Waals surface area (Å²) in [6.45, 7) is 6.18. The molecule has 3 N–H and O–H groups in total. The zero-order valence-electron chi connectivity index (χ0n) is 21.0. The van der Waals surface area contributed by atoms with Crippen molar-refractivity contribution in [2.75, 3.05) is 0 Å². The number of aryl methyl sites for hydroxylation is 2. The van der Waals surface area contributed by atoms with Crippen molar-refractivity contribution in [1.82, 2.24) is 0 Å². The van der Waals surface area contributed by atoms with E-state index in [0.29, 0.717) is 12.0 Å². The second kappa shape index (κ2) is 21.1. The number of ketones is 1. The molecule has 0 aliphatic carbocycles. The standard InChI is InChI=1S/C9H16O3.C9H10O2.C8H4F4O2.3CH4/c1-8(10)6-4-2-3-5-7-9(11)12;1-6-3-4-8(9(10)11)7(2)5-6;1-2-3(8(13)14)5(10)7(12)6(11)4(2)9;;;/h2-7H2,1H3,(H,11,12);3-5H,1-2H3,(H,10,11);1H3,(H,13,14);3*1H4. The summed E-state index contributed by atoms with van der Waals surface area (Å²) in [4.78, 5) is 41.5. The highest BCUT2D eigenvalue weighted by molar-refractivity contribution is 5.90. The summed E-state index contributed by atoms with van der Waals surface area (Å²) in [7, 11) is 0. The minimum absolute atomic E-state index is 0. The van der Waals surface area contributed by atoms with E-state index in [1.165, 1.54) is 0 Å². The molecule has 0 saturated heterocycles. The van der Waals surface area contributed by atoms with Gasteiger partial charge in [0.25, 0.3) is 0 Å². The number of unbranched alkanes of at least 4 members (excludes halogenated alkanes) is 3. The van der Waals surface area contributed by atoms with E-state index >= 15 is 0 Å². The third-order valence-corrected chi connectivity index (χ3v) is 5.00. The molecule has 11 heteroatoms. The highest BCUT2D eigenvalue weighted by atomic mass is 19.2. The molecule has 2 rings (SSSR count). The second-order valence-electron chi connectivity index (χ2n) is 8.19. The van der Waals surface area contributed by atoms with Gasteiger partial charge in [0.05, 0.1) is 5.56 Å². The lowest BCUT2D eigenvalue weighted by atomic mass is 10.1. The van der Waals surface area contributed by atoms with Crippen molar-refractivity contribution in [1.29, 1.82) is 0 Å². The Labute approximate surface area is 233 Å². The molecule has 228 valence electrons. The summed E-state index contributed by atoms with van der Waals surface area (Å²) >= 11 is 0. The summed E-state index contributed by atoms with van der Waals surface area (Å²) in [5.41, 5.74) is 0.330. The number of carbonyl (C=O) groups excluding carboxylic acids is 1. The van der Waals surface area contributed by atoms with E-state index in [1.54, 1.807) is 26.0 Å². The lowest BCUT2D eigenvalue weighted by molar-refractivity contribution is -0.137. The van der Waals surface area contributed by atoms with Crippen LogP contribution >= 0.6 is 0 Å². The van der Waals surface area contributed by atoms with Crippen LogP contribution in [0.15, 0.2) is 18.2 Å². The average molecular weight is 579 g/mol. The molecule has 0 amide bonds. The largest absolute Gasteiger partial charge is 0.481 e. The zero-order chi connectivity index (χ0) is 28.9. The van der Waals surface area contributed by atoms with Crippen LogP contribution in [0, 0.1) is 44.0 Å². The number of carbonyl (C=O) groups is 4. The lowest BCUT2D eigenvalue weighted by Crippen LogP contribution is -2.11. The Hall–Kier alpha value is -3.76. The first-order chi connectivity index (χ1) is 17.1. The maximum atomic E-state index is 12.8. The number of hydrogen-bond acceptors (Lipinski definition) is 4. The van der Waals surface area contributed by atoms with Gasteiger partial charge >= 0.3 is 17.9 Å². The van der Waals surface area contributed by atoms with Crippen molar-refractivity contribution < 1.29 is 52.1 Å². The Bertz CT molecular complexity index is 1080. The Morgan fingerprint density at radius 3 is 1.55 bits per heavy atom. The fourth-order valence-electron chi connectivity index (χ4n) is 3.05. The third-order valence-electron chi connectivity index (χ3n) is 5.00. The SMILES string of the molecule is C.C.C.CC(=O)CCCCCCC(=O)O.Cc1c(F)c(F)c(F)c(F)c1C(=O)O.Cc1ccc(C(=O)O)c(C)c1. The minimum atomic E-state index is -2.12. The van der Waals surface area contributed by atoms with Crippen molar-refractivity contribution >= 4 is 23.7 Å². The monoisotopic (exact) mass is 578 g/mol. The van der Waals surface area contributed by atoms with Crippen LogP contribution in [0.25, 0.3) is 0 Å². The molecule has 0 bridgehead atoms. The molecule has 0 aliphatic rings. The molecule has 0 heterocycles. The Morgan fingerprint density at radius 1 is 0.675 bits per heavy atom. The summed E-state index contributed by atoms with van der Waals surface area (Å²) in [6, 6.07) is 5.30. The average Bonchev–Trinajstić information content (AvgIpc) is 2.79. The van der Waals surface area contributed by atoms with E-state index in [1.807, 2.05) is 13.0 Å². The molecule has 0 unspecified atom stereocenters. The van der Waals surface area contributed by atoms with Crippen molar-refractivity contribution in [2.45, 2.75) is 88.5 Å². The fraction of sp³-hybridized carbons (Fsp3) is 0.448. The zero-order valence-corrected chi connectivity index (χ0v) is 21.0. The van der Waals surface area contributed by atoms with E-state index in [2.05, 4.69) is 0 Å². The fourth-order valence-corrected chi connectivity index (χ4v) is 3.05. The second-order valence-corrected chi connectivity index (χ2v) is 8.19. The van der Waals surface area contributed by atoms with E-state index < -0.39 is 52.3 Å². The first-order valence-electron chi connectivity index (χ1n) is 11.2. The van der Waals surface area contributed by atoms with Crippen LogP contribution < -0.4 is 0 Å². The van der Waals surface area contributed by atoms with Gasteiger partial charge in [0, 0.05) is 18.4 Å². The van der Waals surface area contributed by atoms with Gasteiger partial charge in [-0.15, -0.1) is 0 Å². The van der Waals surface area contributed by atoms with E-state index in [9.17, 15) is 36.7 Å². The van der Waals surface area contributed by atoms with Crippen LogP contribution in [-0.4, -0.2) is 39.0 Å². The molecule has 0 spiro atoms. The number of hydrogen-bond donors (Lipinski definition) is 3. The lowest BCUT2D eigenvalue weighted by Gasteiger charge is -2.05. The molecular formula is C29H42F4O7. The summed E-state index contributed by atoms with van der Waals surface area (Å²) in [5, 5.41) is 25.4. The highest BCUT2D eigenvalue weighted by Gasteiger charge is 2.26. The predicted octanol–water partition coefficient (Wildman–Crippen LogP) is 8.16. The number of aliphatic carboxylic acids is 1. The maximum absolute atomic E-state index is 12.8. The quantitative estimate of drug-likeness (QED) is 0.118. The topological polar surface area (TPSA) is 129 Å². The van der Waals surface area contributed by atoms with E-state index in [-0.39, 0.29) is 34.5 Å². The number of aromatic carboxylic acids is 2. The predicted molar refractivity (Wildman–Crippen MR) is 147 cm³/mol. The molecule has 0 saturated carbocycles. The molecule has 7 nitrogen and oxygen atoms in total. The number of carboxylic acid groups (broad SMARTS) is 3. The van der Waals surface area contributed by atoms with Gasteiger partial charge in [-0.1, -0.05) is 52.8 Å². The molecule has 2 aromatic carbocycles. The van der Waals surface area contributed by atoms with E-state index in [0.717, 1.165) is 43.7 Å². The molecule has 0 radical (unpaired) electrons. The smallest absolute Gasteiger partial charge is 0.339 e. The number of carboxylic acids is 3. The van der Waals surface area contributed by atoms with Crippen molar-refractivity contribution in [2.24, 2.45) is 0 Å². The Balaban J connectivity index is -0.000000236. The van der Waals surface area contributed by atoms with Crippen LogP contribution in [-0.2, 0) is 9.59 Å². The maximum Gasteiger partial charge on any atom is 0.339 e. The molecule has 0 aromatic heterocycles. The molecule has 40 heavy (non-hydrogen) atoms. The van der Waals surface area contributed by atoms with Crippen LogP contribution in [0.4, 0.5) is 17.6 Å². The minimum Gasteiger partial charge on any atom is -0.481 e. The van der Waals surface area contributed by atoms with Crippen molar-refractivity contribution in [3.05, 3.63) is 69.3 Å². The number of benzene rings is 2. The van der Waals surface area contributed by atoms with Gasteiger partial charge in [-0.25, -0.2) is 27.2 Å². The Kier molecular flexibility index (Phi) is 22.8. The normalized spacial score (nSPS) is 9.20. The first-order valence-corrected chi connectivity index (χ1v) is 11.2. The highest BCUT2D eigenvalue weighted by Crippen LogP contribution is 2.23. The molecule has 0 atom stereocenters. The van der Waals surface area contributed by atoms with Crippen LogP contribution in [0.5, 0.6) is 0 Å². The van der Waals surface area contributed by atoms with Crippen LogP contribution in [0.3, 0.4) is 0 Å². The van der Waals surface area contributed by atoms with Crippen LogP contribution in [0.1, 0.15) is 105 Å². The van der Waals surface area contributed by atoms with Gasteiger partial charge in [0.2, 0.25) is 0 Å². The molecule has 0 aliphatic heterocycles. The summed E-state index contributed by atoms with van der Waals surface area (Å²) in [5.74, 6) is -10.9. The van der Waals surface area contributed by atoms with Gasteiger partial charge in [0.1, 0.15) is 11.3 Å². The number of rotatable bonds is 9. The van der Waals surface area contributed by atoms with E-state index in [4.69, 9.17) is 15.3 Å². The van der Waals surface area contributed by atoms with Gasteiger partial charge in [-0.05, 0) is 52.2 Å². The Morgan fingerprint density at radius 2 is 1.15 bits per heavy atom. The summed E-state index contributed by atoms with van der Waals surface area (Å²) < 4.78 is 50.6. The third kappa shape index (κ3) is 15.0. The van der Waals surface area contributed by atoms with Crippen LogP contribution in [0.2, 0.25) is 0 Å².